The molecule has 4 aliphatic carbocycles. The zero-order chi connectivity index (χ0) is 28.6. The van der Waals surface area contributed by atoms with Gasteiger partial charge in [0.05, 0.1) is 18.1 Å². The van der Waals surface area contributed by atoms with E-state index in [4.69, 9.17) is 9.47 Å². The molecule has 2 saturated carbocycles. The Labute approximate surface area is 234 Å². The van der Waals surface area contributed by atoms with Crippen molar-refractivity contribution in [2.75, 3.05) is 6.61 Å². The molecule has 7 heteroatoms. The van der Waals surface area contributed by atoms with Gasteiger partial charge in [-0.25, -0.2) is 4.79 Å². The number of carbonyl (C=O) groups excluding carboxylic acids is 1. The summed E-state index contributed by atoms with van der Waals surface area (Å²) in [5.74, 6) is -0.00133. The maximum Gasteiger partial charge on any atom is 0.342 e. The van der Waals surface area contributed by atoms with E-state index in [0.717, 1.165) is 6.42 Å². The van der Waals surface area contributed by atoms with E-state index in [9.17, 15) is 25.2 Å². The second-order valence-corrected chi connectivity index (χ2v) is 12.8. The van der Waals surface area contributed by atoms with Gasteiger partial charge >= 0.3 is 5.97 Å². The molecule has 40 heavy (non-hydrogen) atoms. The fraction of sp³-hybridized carbons (Fsp3) is 0.485. The van der Waals surface area contributed by atoms with Crippen LogP contribution in [0.5, 0.6) is 11.5 Å². The quantitative estimate of drug-likeness (QED) is 0.327. The van der Waals surface area contributed by atoms with Crippen LogP contribution in [0.1, 0.15) is 44.5 Å². The highest BCUT2D eigenvalue weighted by Gasteiger charge is 2.76. The molecule has 0 aromatic heterocycles. The van der Waals surface area contributed by atoms with Crippen molar-refractivity contribution in [1.29, 1.82) is 0 Å². The lowest BCUT2D eigenvalue weighted by atomic mass is 9.58. The maximum atomic E-state index is 13.7. The van der Waals surface area contributed by atoms with Crippen LogP contribution in [-0.2, 0) is 4.74 Å². The summed E-state index contributed by atoms with van der Waals surface area (Å²) in [7, 11) is 0. The van der Waals surface area contributed by atoms with Crippen molar-refractivity contribution in [3.8, 4) is 11.5 Å². The molecule has 2 fully saturated rings. The largest absolute Gasteiger partial charge is 0.456 e. The first kappa shape index (κ1) is 27.2. The van der Waals surface area contributed by atoms with E-state index >= 15 is 0 Å². The van der Waals surface area contributed by atoms with Crippen LogP contribution >= 0.6 is 0 Å². The second-order valence-electron chi connectivity index (χ2n) is 12.8. The maximum absolute atomic E-state index is 13.7. The van der Waals surface area contributed by atoms with Crippen molar-refractivity contribution in [3.63, 3.8) is 0 Å². The van der Waals surface area contributed by atoms with Gasteiger partial charge in [-0.05, 0) is 71.9 Å². The molecule has 4 aliphatic rings. The molecule has 6 rings (SSSR count). The zero-order valence-electron chi connectivity index (χ0n) is 23.3. The molecule has 0 saturated heterocycles. The summed E-state index contributed by atoms with van der Waals surface area (Å²) in [6, 6.07) is 15.8. The van der Waals surface area contributed by atoms with Gasteiger partial charge in [-0.2, -0.15) is 0 Å². The molecule has 7 nitrogen and oxygen atoms in total. The third-order valence-corrected chi connectivity index (χ3v) is 10.5. The van der Waals surface area contributed by atoms with Gasteiger partial charge in [0.25, 0.3) is 0 Å². The number of aliphatic hydroxyl groups is 4. The third-order valence-electron chi connectivity index (χ3n) is 10.5. The molecular weight excluding hydrogens is 508 g/mol. The summed E-state index contributed by atoms with van der Waals surface area (Å²) in [4.78, 5) is 13.7. The van der Waals surface area contributed by atoms with E-state index in [1.807, 2.05) is 31.2 Å². The van der Waals surface area contributed by atoms with Crippen LogP contribution in [0.2, 0.25) is 0 Å². The van der Waals surface area contributed by atoms with Gasteiger partial charge in [-0.15, -0.1) is 0 Å². The highest BCUT2D eigenvalue weighted by atomic mass is 16.6. The fourth-order valence-corrected chi connectivity index (χ4v) is 8.41. The van der Waals surface area contributed by atoms with Gasteiger partial charge in [0.2, 0.25) is 0 Å². The molecule has 0 heterocycles. The Kier molecular flexibility index (Phi) is 6.31. The molecule has 9 atom stereocenters. The van der Waals surface area contributed by atoms with Gasteiger partial charge in [-0.1, -0.05) is 63.3 Å². The van der Waals surface area contributed by atoms with Crippen LogP contribution in [0.4, 0.5) is 0 Å². The Morgan fingerprint density at radius 1 is 1.05 bits per heavy atom. The van der Waals surface area contributed by atoms with Crippen molar-refractivity contribution < 1.29 is 34.7 Å². The SMILES string of the molecule is CC1=CC23C(C)CC4C(C(C=C(CO)C(O)C2(O)C1OC(=O)c1ccccc1Oc1ccccc1)C3O)C4(C)C. The van der Waals surface area contributed by atoms with Gasteiger partial charge < -0.3 is 29.9 Å². The zero-order valence-corrected chi connectivity index (χ0v) is 23.3. The van der Waals surface area contributed by atoms with Crippen molar-refractivity contribution >= 4 is 5.97 Å². The number of ether oxygens (including phenoxy) is 2. The minimum absolute atomic E-state index is 0.00230. The van der Waals surface area contributed by atoms with Gasteiger partial charge in [0.15, 0.2) is 6.10 Å². The van der Waals surface area contributed by atoms with Crippen LogP contribution in [0.15, 0.2) is 77.9 Å². The molecule has 2 aromatic rings. The predicted molar refractivity (Wildman–Crippen MR) is 149 cm³/mol. The van der Waals surface area contributed by atoms with Crippen LogP contribution in [0, 0.1) is 34.5 Å². The van der Waals surface area contributed by atoms with Crippen LogP contribution in [0.25, 0.3) is 0 Å². The first-order valence-electron chi connectivity index (χ1n) is 14.1. The van der Waals surface area contributed by atoms with Gasteiger partial charge in [0, 0.05) is 5.92 Å². The Hall–Kier alpha value is -2.97. The molecule has 0 radical (unpaired) electrons. The molecule has 9 unspecified atom stereocenters. The van der Waals surface area contributed by atoms with Crippen LogP contribution < -0.4 is 4.74 Å². The molecule has 2 bridgehead atoms. The van der Waals surface area contributed by atoms with Crippen molar-refractivity contribution in [3.05, 3.63) is 83.5 Å². The number of para-hydroxylation sites is 2. The lowest BCUT2D eigenvalue weighted by Gasteiger charge is -2.52. The van der Waals surface area contributed by atoms with E-state index in [1.54, 1.807) is 49.4 Å². The standard InChI is InChI=1S/C33H38O7/c1-18-16-32-19(2)14-24-26(31(24,3)4)23(28(32)36)15-20(17-34)27(35)33(32,38)29(18)40-30(37)22-12-8-9-13-25(22)39-21-10-6-5-7-11-21/h5-13,15-16,19,23-24,26-29,34-36,38H,14,17H2,1-4H3. The number of benzene rings is 2. The molecule has 2 aromatic carbocycles. The van der Waals surface area contributed by atoms with Crippen molar-refractivity contribution in [2.45, 2.75) is 58.0 Å². The van der Waals surface area contributed by atoms with Gasteiger partial charge in [0.1, 0.15) is 28.8 Å². The van der Waals surface area contributed by atoms with E-state index in [1.165, 1.54) is 0 Å². The molecule has 1 spiro atoms. The Balaban J connectivity index is 1.40. The number of hydrogen-bond acceptors (Lipinski definition) is 7. The summed E-state index contributed by atoms with van der Waals surface area (Å²) < 4.78 is 12.0. The number of carbonyl (C=O) groups is 1. The number of hydrogen-bond donors (Lipinski definition) is 4. The molecule has 0 aliphatic heterocycles. The van der Waals surface area contributed by atoms with E-state index in [-0.39, 0.29) is 34.3 Å². The predicted octanol–water partition coefficient (Wildman–Crippen LogP) is 4.26. The Morgan fingerprint density at radius 3 is 2.42 bits per heavy atom. The number of rotatable bonds is 5. The lowest BCUT2D eigenvalue weighted by molar-refractivity contribution is -0.215. The highest BCUT2D eigenvalue weighted by molar-refractivity contribution is 5.93. The summed E-state index contributed by atoms with van der Waals surface area (Å²) in [5, 5.41) is 46.8. The first-order chi connectivity index (χ1) is 19.0. The minimum atomic E-state index is -2.09. The fourth-order valence-electron chi connectivity index (χ4n) is 8.41. The van der Waals surface area contributed by atoms with Crippen molar-refractivity contribution in [1.82, 2.24) is 0 Å². The van der Waals surface area contributed by atoms with Crippen molar-refractivity contribution in [2.24, 2.45) is 34.5 Å². The second kappa shape index (κ2) is 9.28. The summed E-state index contributed by atoms with van der Waals surface area (Å²) in [6.45, 7) is 7.65. The Bertz CT molecular complexity index is 1380. The molecular formula is C33H38O7. The number of fused-ring (bicyclic) bond motifs is 3. The summed E-state index contributed by atoms with van der Waals surface area (Å²) in [5.41, 5.74) is -2.43. The number of esters is 1. The summed E-state index contributed by atoms with van der Waals surface area (Å²) in [6.07, 6.45) is 0.488. The molecule has 0 amide bonds. The Morgan fingerprint density at radius 2 is 1.73 bits per heavy atom. The topological polar surface area (TPSA) is 116 Å². The average molecular weight is 547 g/mol. The molecule has 4 N–H and O–H groups in total. The van der Waals surface area contributed by atoms with Crippen LogP contribution in [0.3, 0.4) is 0 Å². The minimum Gasteiger partial charge on any atom is -0.456 e. The monoisotopic (exact) mass is 546 g/mol. The van der Waals surface area contributed by atoms with Gasteiger partial charge in [-0.3, -0.25) is 0 Å². The third kappa shape index (κ3) is 3.61. The number of aliphatic hydroxyl groups excluding tert-OH is 3. The summed E-state index contributed by atoms with van der Waals surface area (Å²) >= 11 is 0. The normalized spacial score (nSPS) is 39.0. The average Bonchev–Trinajstić information content (AvgIpc) is 3.43. The highest BCUT2D eigenvalue weighted by Crippen LogP contribution is 2.72. The first-order valence-corrected chi connectivity index (χ1v) is 14.1. The lowest BCUT2D eigenvalue weighted by Crippen LogP contribution is -2.66. The van der Waals surface area contributed by atoms with E-state index in [0.29, 0.717) is 23.0 Å². The van der Waals surface area contributed by atoms with E-state index in [2.05, 4.69) is 13.8 Å². The smallest absolute Gasteiger partial charge is 0.342 e. The van der Waals surface area contributed by atoms with E-state index < -0.39 is 41.9 Å². The van der Waals surface area contributed by atoms with Crippen LogP contribution in [-0.4, -0.2) is 56.9 Å². The molecule has 212 valence electrons.